The molecule has 0 aromatic heterocycles. The van der Waals surface area contributed by atoms with E-state index in [2.05, 4.69) is 5.92 Å². The fourth-order valence-corrected chi connectivity index (χ4v) is 3.78. The van der Waals surface area contributed by atoms with Crippen molar-refractivity contribution in [2.75, 3.05) is 6.66 Å². The van der Waals surface area contributed by atoms with Crippen molar-refractivity contribution in [3.05, 3.63) is 75.1 Å². The lowest BCUT2D eigenvalue weighted by atomic mass is 9.93. The van der Waals surface area contributed by atoms with Gasteiger partial charge < -0.3 is 5.73 Å². The summed E-state index contributed by atoms with van der Waals surface area (Å²) in [6.45, 7) is 12.7. The highest BCUT2D eigenvalue weighted by Crippen LogP contribution is 2.32. The van der Waals surface area contributed by atoms with Gasteiger partial charge in [-0.15, -0.1) is 6.42 Å². The van der Waals surface area contributed by atoms with E-state index in [0.29, 0.717) is 31.8 Å². The lowest BCUT2D eigenvalue weighted by molar-refractivity contribution is 0.220. The zero-order valence-corrected chi connectivity index (χ0v) is 21.3. The van der Waals surface area contributed by atoms with Gasteiger partial charge in [0.05, 0.1) is 5.70 Å². The molecule has 2 aromatic carbocycles. The van der Waals surface area contributed by atoms with Gasteiger partial charge in [-0.25, -0.2) is 8.78 Å². The molecule has 172 valence electrons. The van der Waals surface area contributed by atoms with E-state index in [0.717, 1.165) is 27.6 Å². The summed E-state index contributed by atoms with van der Waals surface area (Å²) >= 11 is 0. The predicted molar refractivity (Wildman–Crippen MR) is 140 cm³/mol. The highest BCUT2D eigenvalue weighted by atomic mass is 31.1. The molecule has 2 rings (SSSR count). The Kier molecular flexibility index (Phi) is 10.8. The Labute approximate surface area is 195 Å². The first-order chi connectivity index (χ1) is 15.1. The van der Waals surface area contributed by atoms with Crippen LogP contribution in [0.3, 0.4) is 0 Å². The fourth-order valence-electron chi connectivity index (χ4n) is 3.22. The topological polar surface area (TPSA) is 26.0 Å². The number of rotatable bonds is 7. The molecule has 0 spiro atoms. The molecule has 0 saturated carbocycles. The highest BCUT2D eigenvalue weighted by Gasteiger charge is 2.21. The standard InChI is InChI=1S/C26H30F2NP.C2H6/c1-7-23(27)20-13-19(15-22(16-20)26(4,5)28)10-9-18-11-17(3)12-21(14-18)25(29)24(8-2)30-6;1-2/h2,9-16,23,30H,7,29H2,1,3-6H3;1-2H3/b10-9+,25-24-;. The van der Waals surface area contributed by atoms with Gasteiger partial charge in [-0.1, -0.05) is 53.5 Å². The Hall–Kier alpha value is -2.43. The van der Waals surface area contributed by atoms with Crippen LogP contribution in [0.2, 0.25) is 0 Å². The van der Waals surface area contributed by atoms with Crippen LogP contribution in [0.15, 0.2) is 41.7 Å². The SMILES string of the molecule is C#C/C(PC)=C(/N)c1cc(C)cc(/C=C/c2cc(C(F)CC)cc(C(C)(C)F)c2)c1.CC. The third-order valence-corrected chi connectivity index (χ3v) is 5.84. The van der Waals surface area contributed by atoms with E-state index < -0.39 is 11.8 Å². The van der Waals surface area contributed by atoms with Gasteiger partial charge in [0.15, 0.2) is 0 Å². The third kappa shape index (κ3) is 7.61. The lowest BCUT2D eigenvalue weighted by Crippen LogP contribution is -2.10. The first-order valence-electron chi connectivity index (χ1n) is 11.0. The van der Waals surface area contributed by atoms with Crippen LogP contribution in [-0.2, 0) is 5.67 Å². The summed E-state index contributed by atoms with van der Waals surface area (Å²) in [5.74, 6) is 2.67. The Morgan fingerprint density at radius 2 is 1.72 bits per heavy atom. The molecule has 0 aliphatic rings. The van der Waals surface area contributed by atoms with Crippen molar-refractivity contribution in [1.82, 2.24) is 0 Å². The highest BCUT2D eigenvalue weighted by molar-refractivity contribution is 7.43. The first kappa shape index (κ1) is 27.6. The van der Waals surface area contributed by atoms with Gasteiger partial charge >= 0.3 is 0 Å². The zero-order valence-electron chi connectivity index (χ0n) is 20.3. The number of hydrogen-bond acceptors (Lipinski definition) is 1. The second kappa shape index (κ2) is 12.6. The molecule has 32 heavy (non-hydrogen) atoms. The van der Waals surface area contributed by atoms with E-state index in [-0.39, 0.29) is 0 Å². The minimum absolute atomic E-state index is 0.349. The summed E-state index contributed by atoms with van der Waals surface area (Å²) in [7, 11) is 0.445. The molecule has 0 fully saturated rings. The van der Waals surface area contributed by atoms with Crippen molar-refractivity contribution >= 4 is 26.4 Å². The molecule has 1 nitrogen and oxygen atoms in total. The molecular formula is C28H36F2NP. The Morgan fingerprint density at radius 1 is 1.12 bits per heavy atom. The number of hydrogen-bond donors (Lipinski definition) is 1. The van der Waals surface area contributed by atoms with Crippen molar-refractivity contribution in [3.8, 4) is 12.3 Å². The lowest BCUT2D eigenvalue weighted by Gasteiger charge is -2.18. The number of benzene rings is 2. The fraction of sp³-hybridized carbons (Fsp3) is 0.357. The molecule has 4 heteroatoms. The molecule has 0 amide bonds. The molecule has 0 aliphatic heterocycles. The van der Waals surface area contributed by atoms with Gasteiger partial charge in [-0.2, -0.15) is 0 Å². The monoisotopic (exact) mass is 455 g/mol. The minimum Gasteiger partial charge on any atom is -0.397 e. The van der Waals surface area contributed by atoms with Crippen LogP contribution in [0.5, 0.6) is 0 Å². The second-order valence-corrected chi connectivity index (χ2v) is 8.89. The zero-order chi connectivity index (χ0) is 24.5. The number of terminal acetylenes is 1. The molecular weight excluding hydrogens is 419 g/mol. The molecule has 0 heterocycles. The second-order valence-electron chi connectivity index (χ2n) is 7.89. The molecule has 2 aromatic rings. The summed E-state index contributed by atoms with van der Waals surface area (Å²) in [5, 5.41) is 0.798. The quantitative estimate of drug-likeness (QED) is 0.253. The largest absolute Gasteiger partial charge is 0.397 e. The van der Waals surface area contributed by atoms with E-state index in [9.17, 15) is 8.78 Å². The van der Waals surface area contributed by atoms with E-state index in [4.69, 9.17) is 12.2 Å². The van der Waals surface area contributed by atoms with Crippen LogP contribution in [0.4, 0.5) is 8.78 Å². The first-order valence-corrected chi connectivity index (χ1v) is 12.5. The van der Waals surface area contributed by atoms with Crippen molar-refractivity contribution in [1.29, 1.82) is 0 Å². The maximum atomic E-state index is 14.6. The minimum atomic E-state index is -1.55. The molecule has 2 atom stereocenters. The van der Waals surface area contributed by atoms with Gasteiger partial charge in [0, 0.05) is 5.31 Å². The number of allylic oxidation sites excluding steroid dienone is 1. The van der Waals surface area contributed by atoms with Gasteiger partial charge in [0.25, 0.3) is 0 Å². The van der Waals surface area contributed by atoms with Crippen LogP contribution in [0.25, 0.3) is 17.8 Å². The summed E-state index contributed by atoms with van der Waals surface area (Å²) in [4.78, 5) is 0. The summed E-state index contributed by atoms with van der Waals surface area (Å²) in [6, 6.07) is 11.2. The van der Waals surface area contributed by atoms with Crippen molar-refractivity contribution in [2.45, 2.75) is 59.8 Å². The van der Waals surface area contributed by atoms with E-state index in [1.54, 1.807) is 25.1 Å². The van der Waals surface area contributed by atoms with Crippen LogP contribution >= 0.6 is 8.58 Å². The molecule has 0 radical (unpaired) electrons. The van der Waals surface area contributed by atoms with Gasteiger partial charge in [-0.05, 0) is 97.6 Å². The summed E-state index contributed by atoms with van der Waals surface area (Å²) in [5.41, 5.74) is 9.96. The van der Waals surface area contributed by atoms with Gasteiger partial charge in [0.2, 0.25) is 0 Å². The maximum Gasteiger partial charge on any atom is 0.130 e. The Bertz CT molecular complexity index is 1010. The van der Waals surface area contributed by atoms with Gasteiger partial charge in [-0.3, -0.25) is 0 Å². The number of aryl methyl sites for hydroxylation is 1. The van der Waals surface area contributed by atoms with Crippen LogP contribution in [0, 0.1) is 19.3 Å². The van der Waals surface area contributed by atoms with Gasteiger partial charge in [0.1, 0.15) is 11.8 Å². The van der Waals surface area contributed by atoms with Crippen molar-refractivity contribution in [2.24, 2.45) is 5.73 Å². The van der Waals surface area contributed by atoms with Crippen LogP contribution in [-0.4, -0.2) is 6.66 Å². The molecule has 2 unspecified atom stereocenters. The van der Waals surface area contributed by atoms with E-state index in [1.807, 2.05) is 57.8 Å². The molecule has 0 aliphatic carbocycles. The van der Waals surface area contributed by atoms with Crippen molar-refractivity contribution < 1.29 is 8.78 Å². The number of nitrogens with two attached hydrogens (primary N) is 1. The van der Waals surface area contributed by atoms with E-state index in [1.165, 1.54) is 13.8 Å². The average Bonchev–Trinajstić information content (AvgIpc) is 2.78. The summed E-state index contributed by atoms with van der Waals surface area (Å²) < 4.78 is 28.9. The van der Waals surface area contributed by atoms with E-state index >= 15 is 0 Å². The maximum absolute atomic E-state index is 14.6. The molecule has 0 bridgehead atoms. The van der Waals surface area contributed by atoms with Crippen molar-refractivity contribution in [3.63, 3.8) is 0 Å². The molecule has 2 N–H and O–H groups in total. The number of halogens is 2. The smallest absolute Gasteiger partial charge is 0.130 e. The Morgan fingerprint density at radius 3 is 2.22 bits per heavy atom. The predicted octanol–water partition coefficient (Wildman–Crippen LogP) is 8.39. The van der Waals surface area contributed by atoms with Crippen LogP contribution < -0.4 is 5.73 Å². The van der Waals surface area contributed by atoms with Crippen LogP contribution in [0.1, 0.15) is 80.6 Å². The number of alkyl halides is 2. The molecule has 0 saturated heterocycles. The summed E-state index contributed by atoms with van der Waals surface area (Å²) in [6.07, 6.45) is 8.62. The average molecular weight is 456 g/mol. The Balaban J connectivity index is 0.00000249. The normalized spacial score (nSPS) is 13.5. The third-order valence-electron chi connectivity index (χ3n) is 4.93.